The van der Waals surface area contributed by atoms with Crippen LogP contribution in [-0.4, -0.2) is 17.7 Å². The minimum Gasteiger partial charge on any atom is -0.494 e. The van der Waals surface area contributed by atoms with Crippen molar-refractivity contribution in [2.75, 3.05) is 6.61 Å². The lowest BCUT2D eigenvalue weighted by molar-refractivity contribution is 0.0695. The Morgan fingerprint density at radius 3 is 1.70 bits per heavy atom. The van der Waals surface area contributed by atoms with E-state index < -0.39 is 27.2 Å². The maximum Gasteiger partial charge on any atom is 0.337 e. The van der Waals surface area contributed by atoms with Crippen LogP contribution in [0.4, 0.5) is 0 Å². The largest absolute Gasteiger partial charge is 0.494 e. The highest BCUT2D eigenvalue weighted by Crippen LogP contribution is 2.22. The van der Waals surface area contributed by atoms with E-state index in [1.165, 1.54) is 96.0 Å². The molecule has 1 aromatic rings. The lowest BCUT2D eigenvalue weighted by Crippen LogP contribution is -2.02. The number of aromatic carboxylic acids is 1. The van der Waals surface area contributed by atoms with Gasteiger partial charge in [-0.25, -0.2) is 4.79 Å². The lowest BCUT2D eigenvalue weighted by atomic mass is 10.0. The summed E-state index contributed by atoms with van der Waals surface area (Å²) in [5, 5.41) is 9.16. The molecule has 0 aliphatic rings. The number of hydrogen-bond donors (Lipinski definition) is 1. The minimum atomic E-state index is -1.48. The Hall–Kier alpha value is -0.980. The third-order valence-electron chi connectivity index (χ3n) is 5.52. The van der Waals surface area contributed by atoms with Crippen LogP contribution in [0.25, 0.3) is 0 Å². The van der Waals surface area contributed by atoms with Crippen LogP contribution in [0.5, 0.6) is 5.75 Å². The summed E-state index contributed by atoms with van der Waals surface area (Å²) in [6.45, 7) is 2.87. The molecule has 0 unspecified atom stereocenters. The summed E-state index contributed by atoms with van der Waals surface area (Å²) in [7, 11) is 0. The number of hydrogen-bond acceptors (Lipinski definition) is 3. The second-order valence-corrected chi connectivity index (χ2v) is 9.78. The van der Waals surface area contributed by atoms with E-state index in [0.717, 1.165) is 12.8 Å². The molecule has 0 aliphatic carbocycles. The Balaban J connectivity index is 1.91. The average Bonchev–Trinajstić information content (AvgIpc) is 2.75. The molecule has 4 nitrogen and oxygen atoms in total. The third-order valence-corrected chi connectivity index (χ3v) is 6.93. The molecule has 1 N–H and O–H groups in total. The summed E-state index contributed by atoms with van der Waals surface area (Å²) in [5.41, 5.74) is 0.0993. The number of benzene rings is 1. The van der Waals surface area contributed by atoms with Gasteiger partial charge in [0.05, 0.1) is 15.7 Å². The molecule has 0 amide bonds. The zero-order valence-corrected chi connectivity index (χ0v) is 21.0. The predicted octanol–water partition coefficient (Wildman–Crippen LogP) is 8.51. The highest BCUT2D eigenvalue weighted by atomic mass is 127. The van der Waals surface area contributed by atoms with Crippen LogP contribution >= 0.6 is 21.2 Å². The van der Waals surface area contributed by atoms with Gasteiger partial charge in [0.25, 0.3) is 0 Å². The molecule has 0 spiro atoms. The first-order chi connectivity index (χ1) is 14.7. The molecule has 5 heteroatoms. The van der Waals surface area contributed by atoms with E-state index in [0.29, 0.717) is 15.9 Å². The Labute approximate surface area is 193 Å². The molecule has 30 heavy (non-hydrogen) atoms. The molecule has 0 saturated carbocycles. The molecule has 0 atom stereocenters. The van der Waals surface area contributed by atoms with Crippen LogP contribution in [0.3, 0.4) is 0 Å². The van der Waals surface area contributed by atoms with Gasteiger partial charge in [0.15, 0.2) is 21.2 Å². The number of carboxylic acid groups (broad SMARTS) is 1. The Morgan fingerprint density at radius 2 is 1.27 bits per heavy atom. The highest BCUT2D eigenvalue weighted by molar-refractivity contribution is 14.1. The predicted molar refractivity (Wildman–Crippen MR) is 132 cm³/mol. The molecule has 1 rings (SSSR count). The quantitative estimate of drug-likeness (QED) is 0.135. The monoisotopic (exact) mass is 532 g/mol. The summed E-state index contributed by atoms with van der Waals surface area (Å²) in [4.78, 5) is 11.2. The summed E-state index contributed by atoms with van der Waals surface area (Å²) in [6.07, 6.45) is 21.4. The summed E-state index contributed by atoms with van der Waals surface area (Å²) >= 11 is -1.48. The van der Waals surface area contributed by atoms with Crippen molar-refractivity contribution in [1.82, 2.24) is 0 Å². The van der Waals surface area contributed by atoms with Crippen LogP contribution in [0, 0.1) is 3.57 Å². The molecule has 0 aromatic heterocycles. The molecule has 0 heterocycles. The van der Waals surface area contributed by atoms with Crippen molar-refractivity contribution < 1.29 is 17.7 Å². The van der Waals surface area contributed by atoms with E-state index >= 15 is 0 Å². The number of ether oxygens (including phenoxy) is 1. The van der Waals surface area contributed by atoms with Crippen molar-refractivity contribution in [3.8, 4) is 5.75 Å². The van der Waals surface area contributed by atoms with Gasteiger partial charge in [0, 0.05) is 0 Å². The maximum atomic E-state index is 11.2. The zero-order valence-electron chi connectivity index (χ0n) is 18.8. The van der Waals surface area contributed by atoms with E-state index in [-0.39, 0.29) is 5.56 Å². The van der Waals surface area contributed by atoms with Gasteiger partial charge in [-0.05, 0) is 24.6 Å². The van der Waals surface area contributed by atoms with Crippen molar-refractivity contribution in [1.29, 1.82) is 0 Å². The fourth-order valence-electron chi connectivity index (χ4n) is 3.67. The van der Waals surface area contributed by atoms with Crippen LogP contribution in [0.2, 0.25) is 0 Å². The standard InChI is InChI=1S/C25H41IO4/c1-2-3-4-5-6-7-8-9-10-11-12-13-14-15-16-17-20-30-22-18-19-24(26-29)23(21-22)25(27)28/h18-19,21H,2-17,20H2,1H3,(H,27,28). The Morgan fingerprint density at radius 1 is 0.800 bits per heavy atom. The van der Waals surface area contributed by atoms with E-state index in [1.54, 1.807) is 12.1 Å². The van der Waals surface area contributed by atoms with Crippen LogP contribution in [0.15, 0.2) is 18.2 Å². The zero-order chi connectivity index (χ0) is 21.9. The molecule has 0 radical (unpaired) electrons. The van der Waals surface area contributed by atoms with E-state index in [2.05, 4.69) is 6.92 Å². The second kappa shape index (κ2) is 18.8. The molecule has 0 aliphatic heterocycles. The smallest absolute Gasteiger partial charge is 0.337 e. The number of halogens is 1. The molecule has 0 bridgehead atoms. The van der Waals surface area contributed by atoms with E-state index in [9.17, 15) is 7.86 Å². The van der Waals surface area contributed by atoms with Gasteiger partial charge in [-0.1, -0.05) is 103 Å². The normalized spacial score (nSPS) is 11.0. The van der Waals surface area contributed by atoms with Crippen molar-refractivity contribution in [3.63, 3.8) is 0 Å². The molecule has 0 fully saturated rings. The molecule has 0 saturated heterocycles. The topological polar surface area (TPSA) is 63.6 Å². The fourth-order valence-corrected chi connectivity index (χ4v) is 4.62. The first kappa shape index (κ1) is 27.1. The lowest BCUT2D eigenvalue weighted by Gasteiger charge is -2.08. The number of unbranched alkanes of at least 4 members (excludes halogenated alkanes) is 15. The summed E-state index contributed by atoms with van der Waals surface area (Å²) in [5.74, 6) is -0.497. The molecular weight excluding hydrogens is 491 g/mol. The Kier molecular flexibility index (Phi) is 16.9. The summed E-state index contributed by atoms with van der Waals surface area (Å²) in [6, 6.07) is 4.81. The van der Waals surface area contributed by atoms with Gasteiger partial charge >= 0.3 is 5.97 Å². The summed E-state index contributed by atoms with van der Waals surface area (Å²) < 4.78 is 17.2. The van der Waals surface area contributed by atoms with Gasteiger partial charge in [-0.2, -0.15) is 0 Å². The van der Waals surface area contributed by atoms with Gasteiger partial charge in [-0.15, -0.1) is 0 Å². The van der Waals surface area contributed by atoms with Crippen LogP contribution < -0.4 is 4.74 Å². The first-order valence-corrected chi connectivity index (χ1v) is 13.9. The van der Waals surface area contributed by atoms with Crippen molar-refractivity contribution in [3.05, 3.63) is 27.3 Å². The van der Waals surface area contributed by atoms with Gasteiger partial charge < -0.3 is 9.84 Å². The third kappa shape index (κ3) is 13.3. The average molecular weight is 533 g/mol. The van der Waals surface area contributed by atoms with E-state index in [1.807, 2.05) is 0 Å². The molecule has 172 valence electrons. The number of carboxylic acids is 1. The molecular formula is C25H41IO4. The maximum absolute atomic E-state index is 11.2. The number of rotatable bonds is 20. The second-order valence-electron chi connectivity index (χ2n) is 8.18. The van der Waals surface area contributed by atoms with Crippen molar-refractivity contribution in [2.45, 2.75) is 110 Å². The Bertz CT molecular complexity index is 589. The van der Waals surface area contributed by atoms with Crippen LogP contribution in [-0.2, 0) is 3.07 Å². The van der Waals surface area contributed by atoms with Crippen molar-refractivity contribution >= 4 is 27.2 Å². The molecule has 1 aromatic carbocycles. The van der Waals surface area contributed by atoms with Crippen LogP contribution in [0.1, 0.15) is 120 Å². The van der Waals surface area contributed by atoms with Crippen molar-refractivity contribution in [2.24, 2.45) is 0 Å². The highest BCUT2D eigenvalue weighted by Gasteiger charge is 2.11. The van der Waals surface area contributed by atoms with Gasteiger partial charge in [0.2, 0.25) is 0 Å². The van der Waals surface area contributed by atoms with Gasteiger partial charge in [-0.3, -0.25) is 3.07 Å². The van der Waals surface area contributed by atoms with Gasteiger partial charge in [0.1, 0.15) is 5.75 Å². The number of carbonyl (C=O) groups is 1. The SMILES string of the molecule is CCCCCCCCCCCCCCCCCCOc1ccc(I=O)c(C(=O)O)c1. The van der Waals surface area contributed by atoms with E-state index in [4.69, 9.17) is 9.84 Å². The fraction of sp³-hybridized carbons (Fsp3) is 0.720. The minimum absolute atomic E-state index is 0.0993. The first-order valence-electron chi connectivity index (χ1n) is 12.0.